The molecular formula is C10H13ClN2O3. The lowest BCUT2D eigenvalue weighted by Gasteiger charge is -2.03. The predicted octanol–water partition coefficient (Wildman–Crippen LogP) is 3.23. The Labute approximate surface area is 98.6 Å². The number of carbonyl (C=O) groups is 1. The molecule has 0 fully saturated rings. The number of anilines is 1. The monoisotopic (exact) mass is 244 g/mol. The van der Waals surface area contributed by atoms with Crippen LogP contribution in [0.25, 0.3) is 0 Å². The normalized spacial score (nSPS) is 8.75. The minimum atomic E-state index is -0.552. The number of nitro benzene ring substituents is 1. The number of halogens is 1. The maximum Gasteiger partial charge on any atom is 0.271 e. The third-order valence-corrected chi connectivity index (χ3v) is 1.79. The first-order valence-corrected chi connectivity index (χ1v) is 5.10. The van der Waals surface area contributed by atoms with Gasteiger partial charge in [-0.15, -0.1) is 0 Å². The fourth-order valence-electron chi connectivity index (χ4n) is 0.909. The van der Waals surface area contributed by atoms with Crippen LogP contribution in [0.15, 0.2) is 18.2 Å². The van der Waals surface area contributed by atoms with Crippen LogP contribution < -0.4 is 5.32 Å². The van der Waals surface area contributed by atoms with Crippen LogP contribution in [0.1, 0.15) is 20.8 Å². The van der Waals surface area contributed by atoms with Gasteiger partial charge in [-0.3, -0.25) is 14.9 Å². The van der Waals surface area contributed by atoms with Gasteiger partial charge in [-0.2, -0.15) is 0 Å². The van der Waals surface area contributed by atoms with Gasteiger partial charge in [0.25, 0.3) is 5.69 Å². The Morgan fingerprint density at radius 3 is 2.38 bits per heavy atom. The SMILES string of the molecule is CC.CC(=O)Nc1ccc([N+](=O)[O-])cc1Cl. The molecule has 0 aromatic heterocycles. The lowest BCUT2D eigenvalue weighted by molar-refractivity contribution is -0.384. The fourth-order valence-corrected chi connectivity index (χ4v) is 1.13. The average molecular weight is 245 g/mol. The molecule has 0 radical (unpaired) electrons. The molecule has 16 heavy (non-hydrogen) atoms. The van der Waals surface area contributed by atoms with Crippen LogP contribution in [-0.2, 0) is 4.79 Å². The van der Waals surface area contributed by atoms with Gasteiger partial charge in [0.1, 0.15) is 0 Å². The molecule has 0 saturated carbocycles. The van der Waals surface area contributed by atoms with Gasteiger partial charge in [-0.25, -0.2) is 0 Å². The first-order chi connectivity index (χ1) is 7.50. The average Bonchev–Trinajstić information content (AvgIpc) is 2.23. The second-order valence-corrected chi connectivity index (χ2v) is 3.01. The molecule has 0 aliphatic rings. The molecule has 0 unspecified atom stereocenters. The van der Waals surface area contributed by atoms with Gasteiger partial charge in [0.15, 0.2) is 0 Å². The van der Waals surface area contributed by atoms with Gasteiger partial charge in [0.2, 0.25) is 5.91 Å². The van der Waals surface area contributed by atoms with Crippen molar-refractivity contribution < 1.29 is 9.72 Å². The van der Waals surface area contributed by atoms with Crippen LogP contribution in [0.2, 0.25) is 5.02 Å². The number of benzene rings is 1. The van der Waals surface area contributed by atoms with E-state index in [4.69, 9.17) is 11.6 Å². The van der Waals surface area contributed by atoms with Crippen LogP contribution in [0.3, 0.4) is 0 Å². The number of nitro groups is 1. The summed E-state index contributed by atoms with van der Waals surface area (Å²) in [5.41, 5.74) is 0.258. The first-order valence-electron chi connectivity index (χ1n) is 4.72. The highest BCUT2D eigenvalue weighted by Gasteiger charge is 2.09. The van der Waals surface area contributed by atoms with Gasteiger partial charge in [0, 0.05) is 19.1 Å². The van der Waals surface area contributed by atoms with Crippen molar-refractivity contribution >= 4 is 28.9 Å². The molecular weight excluding hydrogens is 232 g/mol. The van der Waals surface area contributed by atoms with Crippen molar-refractivity contribution in [2.75, 3.05) is 5.32 Å². The highest BCUT2D eigenvalue weighted by atomic mass is 35.5. The Morgan fingerprint density at radius 1 is 1.44 bits per heavy atom. The molecule has 1 aromatic carbocycles. The molecule has 0 heterocycles. The molecule has 0 spiro atoms. The van der Waals surface area contributed by atoms with E-state index in [1.165, 1.54) is 25.1 Å². The summed E-state index contributed by atoms with van der Waals surface area (Å²) in [4.78, 5) is 20.5. The summed E-state index contributed by atoms with van der Waals surface area (Å²) in [6, 6.07) is 3.85. The zero-order valence-electron chi connectivity index (χ0n) is 9.28. The number of nitrogens with one attached hydrogen (secondary N) is 1. The maximum absolute atomic E-state index is 10.7. The van der Waals surface area contributed by atoms with Crippen molar-refractivity contribution in [2.45, 2.75) is 20.8 Å². The van der Waals surface area contributed by atoms with E-state index in [9.17, 15) is 14.9 Å². The summed E-state index contributed by atoms with van der Waals surface area (Å²) < 4.78 is 0. The summed E-state index contributed by atoms with van der Waals surface area (Å²) in [5, 5.41) is 12.9. The fraction of sp³-hybridized carbons (Fsp3) is 0.300. The van der Waals surface area contributed by atoms with Gasteiger partial charge in [-0.05, 0) is 6.07 Å². The summed E-state index contributed by atoms with van der Waals surface area (Å²) in [6.07, 6.45) is 0. The van der Waals surface area contributed by atoms with Crippen LogP contribution in [0, 0.1) is 10.1 Å². The summed E-state index contributed by atoms with van der Waals surface area (Å²) >= 11 is 5.70. The third kappa shape index (κ3) is 4.27. The first kappa shape index (κ1) is 14.4. The van der Waals surface area contributed by atoms with Crippen LogP contribution in [-0.4, -0.2) is 10.8 Å². The lowest BCUT2D eigenvalue weighted by Crippen LogP contribution is -2.06. The van der Waals surface area contributed by atoms with E-state index >= 15 is 0 Å². The number of hydrogen-bond acceptors (Lipinski definition) is 3. The Morgan fingerprint density at radius 2 is 2.00 bits per heavy atom. The molecule has 1 rings (SSSR count). The number of carbonyl (C=O) groups excluding carboxylic acids is 1. The number of hydrogen-bond donors (Lipinski definition) is 1. The van der Waals surface area contributed by atoms with Crippen molar-refractivity contribution in [1.82, 2.24) is 0 Å². The maximum atomic E-state index is 10.7. The van der Waals surface area contributed by atoms with Crippen LogP contribution >= 0.6 is 11.6 Å². The van der Waals surface area contributed by atoms with E-state index in [0.29, 0.717) is 5.69 Å². The highest BCUT2D eigenvalue weighted by Crippen LogP contribution is 2.26. The van der Waals surface area contributed by atoms with E-state index in [0.717, 1.165) is 0 Å². The van der Waals surface area contributed by atoms with Crippen molar-refractivity contribution in [3.05, 3.63) is 33.3 Å². The topological polar surface area (TPSA) is 72.2 Å². The minimum Gasteiger partial charge on any atom is -0.325 e. The summed E-state index contributed by atoms with van der Waals surface area (Å²) in [7, 11) is 0. The van der Waals surface area contributed by atoms with E-state index in [1.807, 2.05) is 13.8 Å². The second kappa shape index (κ2) is 6.79. The molecule has 0 bridgehead atoms. The van der Waals surface area contributed by atoms with Crippen molar-refractivity contribution in [3.63, 3.8) is 0 Å². The van der Waals surface area contributed by atoms with Gasteiger partial charge < -0.3 is 5.32 Å². The number of amides is 1. The Hall–Kier alpha value is -1.62. The van der Waals surface area contributed by atoms with E-state index < -0.39 is 4.92 Å². The second-order valence-electron chi connectivity index (χ2n) is 2.60. The zero-order chi connectivity index (χ0) is 12.7. The van der Waals surface area contributed by atoms with Crippen molar-refractivity contribution in [2.24, 2.45) is 0 Å². The smallest absolute Gasteiger partial charge is 0.271 e. The summed E-state index contributed by atoms with van der Waals surface area (Å²) in [6.45, 7) is 5.33. The minimum absolute atomic E-state index is 0.107. The third-order valence-electron chi connectivity index (χ3n) is 1.47. The molecule has 88 valence electrons. The number of rotatable bonds is 2. The van der Waals surface area contributed by atoms with Crippen molar-refractivity contribution in [3.8, 4) is 0 Å². The molecule has 1 N–H and O–H groups in total. The van der Waals surface area contributed by atoms with Crippen LogP contribution in [0.4, 0.5) is 11.4 Å². The molecule has 0 saturated heterocycles. The van der Waals surface area contributed by atoms with E-state index in [-0.39, 0.29) is 16.6 Å². The number of non-ortho nitro benzene ring substituents is 1. The van der Waals surface area contributed by atoms with Gasteiger partial charge in [-0.1, -0.05) is 25.4 Å². The molecule has 0 aliphatic carbocycles. The molecule has 1 aromatic rings. The quantitative estimate of drug-likeness (QED) is 0.641. The van der Waals surface area contributed by atoms with Crippen molar-refractivity contribution in [1.29, 1.82) is 0 Å². The highest BCUT2D eigenvalue weighted by molar-refractivity contribution is 6.33. The Balaban J connectivity index is 0.00000106. The lowest BCUT2D eigenvalue weighted by atomic mass is 10.3. The van der Waals surface area contributed by atoms with Gasteiger partial charge >= 0.3 is 0 Å². The predicted molar refractivity (Wildman–Crippen MR) is 63.8 cm³/mol. The Kier molecular flexibility index (Phi) is 6.10. The zero-order valence-corrected chi connectivity index (χ0v) is 10.0. The molecule has 0 atom stereocenters. The number of nitrogens with zero attached hydrogens (tertiary/aromatic N) is 1. The molecule has 5 nitrogen and oxygen atoms in total. The standard InChI is InChI=1S/C8H7ClN2O3.C2H6/c1-5(12)10-8-3-2-6(11(13)14)4-7(8)9;1-2/h2-4H,1H3,(H,10,12);1-2H3. The van der Waals surface area contributed by atoms with Crippen LogP contribution in [0.5, 0.6) is 0 Å². The molecule has 0 aliphatic heterocycles. The van der Waals surface area contributed by atoms with E-state index in [2.05, 4.69) is 5.32 Å². The van der Waals surface area contributed by atoms with E-state index in [1.54, 1.807) is 0 Å². The largest absolute Gasteiger partial charge is 0.325 e. The molecule has 1 amide bonds. The summed E-state index contributed by atoms with van der Waals surface area (Å²) in [5.74, 6) is -0.277. The van der Waals surface area contributed by atoms with Gasteiger partial charge in [0.05, 0.1) is 15.6 Å². The molecule has 6 heteroatoms. The Bertz CT molecular complexity index is 394.